The summed E-state index contributed by atoms with van der Waals surface area (Å²) in [5.74, 6) is 0.911. The zero-order valence-electron chi connectivity index (χ0n) is 9.07. The Morgan fingerprint density at radius 3 is 2.13 bits per heavy atom. The van der Waals surface area contributed by atoms with Gasteiger partial charge < -0.3 is 0 Å². The van der Waals surface area contributed by atoms with Gasteiger partial charge in [-0.1, -0.05) is 6.42 Å². The lowest BCUT2D eigenvalue weighted by molar-refractivity contribution is -0.143. The van der Waals surface area contributed by atoms with Gasteiger partial charge in [0.15, 0.2) is 0 Å². The van der Waals surface area contributed by atoms with Crippen LogP contribution in [0.1, 0.15) is 44.9 Å². The Morgan fingerprint density at radius 2 is 1.60 bits per heavy atom. The Balaban J connectivity index is 2.35. The molecule has 0 N–H and O–H groups in total. The molecule has 3 nitrogen and oxygen atoms in total. The number of amides is 2. The molecule has 86 valence electrons. The van der Waals surface area contributed by atoms with E-state index in [2.05, 4.69) is 12.6 Å². The van der Waals surface area contributed by atoms with Crippen LogP contribution >= 0.6 is 12.6 Å². The summed E-state index contributed by atoms with van der Waals surface area (Å²) in [6.07, 6.45) is 5.81. The fraction of sp³-hybridized carbons (Fsp3) is 0.818. The van der Waals surface area contributed by atoms with E-state index in [1.165, 1.54) is 4.90 Å². The molecule has 1 saturated heterocycles. The van der Waals surface area contributed by atoms with Crippen LogP contribution in [0.15, 0.2) is 0 Å². The third-order valence-electron chi connectivity index (χ3n) is 2.67. The lowest BCUT2D eigenvalue weighted by Crippen LogP contribution is -2.35. The second kappa shape index (κ2) is 6.88. The Hall–Kier alpha value is -0.510. The highest BCUT2D eigenvalue weighted by Crippen LogP contribution is 2.13. The predicted molar refractivity (Wildman–Crippen MR) is 62.9 cm³/mol. The van der Waals surface area contributed by atoms with Gasteiger partial charge in [0.2, 0.25) is 11.8 Å². The average molecular weight is 229 g/mol. The highest BCUT2D eigenvalue weighted by Gasteiger charge is 2.22. The number of hydrogen-bond acceptors (Lipinski definition) is 3. The second-order valence-corrected chi connectivity index (χ2v) is 4.38. The van der Waals surface area contributed by atoms with Gasteiger partial charge in [-0.3, -0.25) is 14.5 Å². The van der Waals surface area contributed by atoms with E-state index in [0.717, 1.165) is 37.9 Å². The maximum absolute atomic E-state index is 11.6. The van der Waals surface area contributed by atoms with Crippen LogP contribution in [0.3, 0.4) is 0 Å². The highest BCUT2D eigenvalue weighted by atomic mass is 32.1. The maximum atomic E-state index is 11.6. The molecule has 1 aliphatic heterocycles. The number of unbranched alkanes of at least 4 members (excludes halogenated alkanes) is 2. The van der Waals surface area contributed by atoms with E-state index in [1.54, 1.807) is 0 Å². The molecule has 0 aromatic carbocycles. The Morgan fingerprint density at radius 1 is 1.00 bits per heavy atom. The van der Waals surface area contributed by atoms with E-state index in [-0.39, 0.29) is 11.8 Å². The van der Waals surface area contributed by atoms with Gasteiger partial charge in [-0.25, -0.2) is 0 Å². The Labute approximate surface area is 96.6 Å². The number of imide groups is 1. The van der Waals surface area contributed by atoms with Gasteiger partial charge in [0, 0.05) is 19.4 Å². The van der Waals surface area contributed by atoms with E-state index in [4.69, 9.17) is 0 Å². The minimum absolute atomic E-state index is 0.0170. The van der Waals surface area contributed by atoms with Crippen LogP contribution in [-0.4, -0.2) is 29.0 Å². The third kappa shape index (κ3) is 4.24. The van der Waals surface area contributed by atoms with E-state index in [9.17, 15) is 9.59 Å². The molecule has 1 aliphatic rings. The Kier molecular flexibility index (Phi) is 5.76. The molecule has 15 heavy (non-hydrogen) atoms. The van der Waals surface area contributed by atoms with Crippen LogP contribution in [0.2, 0.25) is 0 Å². The molecule has 1 rings (SSSR count). The molecule has 0 saturated carbocycles. The summed E-state index contributed by atoms with van der Waals surface area (Å²) in [5.41, 5.74) is 0. The number of nitrogens with zero attached hydrogens (tertiary/aromatic N) is 1. The Bertz CT molecular complexity index is 213. The molecule has 0 aromatic heterocycles. The van der Waals surface area contributed by atoms with Crippen molar-refractivity contribution in [1.82, 2.24) is 4.90 Å². The van der Waals surface area contributed by atoms with Crippen LogP contribution in [0.5, 0.6) is 0 Å². The number of carbonyl (C=O) groups excluding carboxylic acids is 2. The highest BCUT2D eigenvalue weighted by molar-refractivity contribution is 7.80. The van der Waals surface area contributed by atoms with Crippen molar-refractivity contribution in [2.45, 2.75) is 44.9 Å². The van der Waals surface area contributed by atoms with Crippen molar-refractivity contribution < 1.29 is 9.59 Å². The predicted octanol–water partition coefficient (Wildman–Crippen LogP) is 2.02. The third-order valence-corrected chi connectivity index (χ3v) is 2.99. The topological polar surface area (TPSA) is 37.4 Å². The standard InChI is InChI=1S/C11H19NO2S/c13-10-6-2-3-7-11(14)12(10)8-4-1-5-9-15/h15H,1-9H2. The fourth-order valence-electron chi connectivity index (χ4n) is 1.77. The summed E-state index contributed by atoms with van der Waals surface area (Å²) in [7, 11) is 0. The van der Waals surface area contributed by atoms with Crippen molar-refractivity contribution >= 4 is 24.4 Å². The van der Waals surface area contributed by atoms with Crippen LogP contribution in [0.4, 0.5) is 0 Å². The average Bonchev–Trinajstić information content (AvgIpc) is 2.37. The summed E-state index contributed by atoms with van der Waals surface area (Å²) >= 11 is 4.13. The van der Waals surface area contributed by atoms with Crippen molar-refractivity contribution in [1.29, 1.82) is 0 Å². The molecule has 1 fully saturated rings. The van der Waals surface area contributed by atoms with Crippen LogP contribution < -0.4 is 0 Å². The minimum Gasteiger partial charge on any atom is -0.283 e. The summed E-state index contributed by atoms with van der Waals surface area (Å²) in [5, 5.41) is 0. The first kappa shape index (κ1) is 12.6. The zero-order chi connectivity index (χ0) is 11.1. The molecule has 0 aliphatic carbocycles. The second-order valence-electron chi connectivity index (χ2n) is 3.93. The lowest BCUT2D eigenvalue weighted by atomic mass is 10.2. The first-order valence-corrected chi connectivity index (χ1v) is 6.33. The molecule has 0 unspecified atom stereocenters. The monoisotopic (exact) mass is 229 g/mol. The van der Waals surface area contributed by atoms with Crippen LogP contribution in [-0.2, 0) is 9.59 Å². The summed E-state index contributed by atoms with van der Waals surface area (Å²) in [4.78, 5) is 24.6. The molecule has 0 atom stereocenters. The number of carbonyl (C=O) groups is 2. The van der Waals surface area contributed by atoms with Gasteiger partial charge in [-0.15, -0.1) is 0 Å². The maximum Gasteiger partial charge on any atom is 0.229 e. The van der Waals surface area contributed by atoms with Crippen molar-refractivity contribution in [3.05, 3.63) is 0 Å². The number of thiol groups is 1. The first-order valence-electron chi connectivity index (χ1n) is 5.70. The van der Waals surface area contributed by atoms with E-state index in [0.29, 0.717) is 19.4 Å². The van der Waals surface area contributed by atoms with E-state index >= 15 is 0 Å². The van der Waals surface area contributed by atoms with Gasteiger partial charge in [0.25, 0.3) is 0 Å². The van der Waals surface area contributed by atoms with Gasteiger partial charge in [-0.05, 0) is 31.4 Å². The number of hydrogen-bond donors (Lipinski definition) is 1. The van der Waals surface area contributed by atoms with Crippen molar-refractivity contribution in [2.75, 3.05) is 12.3 Å². The molecular weight excluding hydrogens is 210 g/mol. The molecule has 0 bridgehead atoms. The summed E-state index contributed by atoms with van der Waals surface area (Å²) < 4.78 is 0. The summed E-state index contributed by atoms with van der Waals surface area (Å²) in [6, 6.07) is 0. The van der Waals surface area contributed by atoms with E-state index < -0.39 is 0 Å². The van der Waals surface area contributed by atoms with E-state index in [1.807, 2.05) is 0 Å². The van der Waals surface area contributed by atoms with Gasteiger partial charge >= 0.3 is 0 Å². The zero-order valence-corrected chi connectivity index (χ0v) is 9.97. The number of likely N-dealkylation sites (tertiary alicyclic amines) is 1. The number of rotatable bonds is 5. The van der Waals surface area contributed by atoms with Crippen LogP contribution in [0.25, 0.3) is 0 Å². The molecule has 4 heteroatoms. The lowest BCUT2D eigenvalue weighted by Gasteiger charge is -2.18. The van der Waals surface area contributed by atoms with Crippen molar-refractivity contribution in [3.8, 4) is 0 Å². The first-order chi connectivity index (χ1) is 7.25. The molecular formula is C11H19NO2S. The van der Waals surface area contributed by atoms with Gasteiger partial charge in [0.1, 0.15) is 0 Å². The molecule has 0 radical (unpaired) electrons. The molecule has 1 heterocycles. The molecule has 2 amide bonds. The van der Waals surface area contributed by atoms with Gasteiger partial charge in [0.05, 0.1) is 0 Å². The van der Waals surface area contributed by atoms with Crippen LogP contribution in [0, 0.1) is 0 Å². The largest absolute Gasteiger partial charge is 0.283 e. The minimum atomic E-state index is 0.0170. The van der Waals surface area contributed by atoms with Gasteiger partial charge in [-0.2, -0.15) is 12.6 Å². The van der Waals surface area contributed by atoms with Crippen molar-refractivity contribution in [2.24, 2.45) is 0 Å². The SMILES string of the molecule is O=C1CCCCC(=O)N1CCCCCS. The molecule has 0 aromatic rings. The molecule has 0 spiro atoms. The fourth-order valence-corrected chi connectivity index (χ4v) is 1.99. The normalized spacial score (nSPS) is 18.1. The van der Waals surface area contributed by atoms with Crippen molar-refractivity contribution in [3.63, 3.8) is 0 Å². The summed E-state index contributed by atoms with van der Waals surface area (Å²) in [6.45, 7) is 0.603. The smallest absolute Gasteiger partial charge is 0.229 e. The quantitative estimate of drug-likeness (QED) is 0.445.